The minimum atomic E-state index is -0.474. The van der Waals surface area contributed by atoms with Gasteiger partial charge < -0.3 is 19.0 Å². The maximum atomic E-state index is 12.4. The highest BCUT2D eigenvalue weighted by Crippen LogP contribution is 2.22. The summed E-state index contributed by atoms with van der Waals surface area (Å²) in [6, 6.07) is 8.95. The lowest BCUT2D eigenvalue weighted by Crippen LogP contribution is -2.51. The van der Waals surface area contributed by atoms with Gasteiger partial charge in [0.25, 0.3) is 11.8 Å². The second-order valence-electron chi connectivity index (χ2n) is 7.42. The van der Waals surface area contributed by atoms with Crippen LogP contribution in [0.5, 0.6) is 0 Å². The van der Waals surface area contributed by atoms with Crippen molar-refractivity contribution in [3.05, 3.63) is 59.0 Å². The van der Waals surface area contributed by atoms with Crippen LogP contribution in [0.2, 0.25) is 0 Å². The van der Waals surface area contributed by atoms with E-state index in [1.165, 1.54) is 23.8 Å². The zero-order chi connectivity index (χ0) is 20.2. The lowest BCUT2D eigenvalue weighted by atomic mass is 9.90. The van der Waals surface area contributed by atoms with Crippen molar-refractivity contribution in [3.8, 4) is 0 Å². The first-order valence-corrected chi connectivity index (χ1v) is 10.0. The number of carbonyl (C=O) groups is 3. The minimum absolute atomic E-state index is 0.180. The molecule has 7 nitrogen and oxygen atoms in total. The van der Waals surface area contributed by atoms with Crippen LogP contribution in [0.15, 0.2) is 41.0 Å². The van der Waals surface area contributed by atoms with Gasteiger partial charge in [-0.05, 0) is 61.1 Å². The van der Waals surface area contributed by atoms with Crippen molar-refractivity contribution < 1.29 is 23.5 Å². The van der Waals surface area contributed by atoms with Crippen LogP contribution in [0.4, 0.5) is 0 Å². The van der Waals surface area contributed by atoms with Crippen molar-refractivity contribution in [1.82, 2.24) is 9.80 Å². The highest BCUT2D eigenvalue weighted by atomic mass is 16.5. The maximum absolute atomic E-state index is 12.4. The van der Waals surface area contributed by atoms with Crippen molar-refractivity contribution in [2.75, 3.05) is 32.8 Å². The van der Waals surface area contributed by atoms with E-state index >= 15 is 0 Å². The Morgan fingerprint density at radius 2 is 1.66 bits per heavy atom. The molecular weight excluding hydrogens is 372 g/mol. The predicted molar refractivity (Wildman–Crippen MR) is 105 cm³/mol. The number of hydrogen-bond acceptors (Lipinski definition) is 5. The van der Waals surface area contributed by atoms with E-state index in [-0.39, 0.29) is 18.4 Å². The summed E-state index contributed by atoms with van der Waals surface area (Å²) in [6.07, 6.45) is 5.82. The fraction of sp³-hybridized carbons (Fsp3) is 0.409. The van der Waals surface area contributed by atoms with Crippen LogP contribution in [0.1, 0.15) is 44.9 Å². The zero-order valence-corrected chi connectivity index (χ0v) is 16.3. The van der Waals surface area contributed by atoms with Crippen LogP contribution in [-0.2, 0) is 22.4 Å². The number of ether oxygens (including phenoxy) is 1. The first-order valence-electron chi connectivity index (χ1n) is 10.0. The van der Waals surface area contributed by atoms with Crippen molar-refractivity contribution in [1.29, 1.82) is 0 Å². The molecule has 4 rings (SSSR count). The van der Waals surface area contributed by atoms with Crippen LogP contribution < -0.4 is 0 Å². The normalized spacial score (nSPS) is 16.3. The Bertz CT molecular complexity index is 898. The Kier molecular flexibility index (Phi) is 5.64. The number of amides is 2. The van der Waals surface area contributed by atoms with Gasteiger partial charge in [0, 0.05) is 26.2 Å². The molecule has 0 saturated carbocycles. The molecule has 2 heterocycles. The Labute approximate surface area is 169 Å². The molecule has 0 atom stereocenters. The largest absolute Gasteiger partial charge is 0.459 e. The Hall–Kier alpha value is -3.09. The molecule has 2 aliphatic rings. The van der Waals surface area contributed by atoms with Gasteiger partial charge in [-0.2, -0.15) is 0 Å². The van der Waals surface area contributed by atoms with Crippen molar-refractivity contribution >= 4 is 17.8 Å². The van der Waals surface area contributed by atoms with Crippen LogP contribution in [0, 0.1) is 0 Å². The van der Waals surface area contributed by atoms with Crippen molar-refractivity contribution in [2.24, 2.45) is 0 Å². The third-order valence-electron chi connectivity index (χ3n) is 5.56. The van der Waals surface area contributed by atoms with Crippen molar-refractivity contribution in [3.63, 3.8) is 0 Å². The van der Waals surface area contributed by atoms with E-state index in [1.807, 2.05) is 12.1 Å². The summed E-state index contributed by atoms with van der Waals surface area (Å²) >= 11 is 0. The molecule has 1 saturated heterocycles. The second-order valence-corrected chi connectivity index (χ2v) is 7.42. The number of esters is 1. The maximum Gasteiger partial charge on any atom is 0.338 e. The molecule has 0 N–H and O–H groups in total. The first kappa shape index (κ1) is 19.2. The van der Waals surface area contributed by atoms with Gasteiger partial charge in [0.1, 0.15) is 0 Å². The van der Waals surface area contributed by atoms with E-state index in [1.54, 1.807) is 28.0 Å². The summed E-state index contributed by atoms with van der Waals surface area (Å²) in [4.78, 5) is 40.3. The van der Waals surface area contributed by atoms with Crippen LogP contribution >= 0.6 is 0 Å². The molecule has 0 spiro atoms. The van der Waals surface area contributed by atoms with E-state index in [0.717, 1.165) is 19.3 Å². The number of aryl methyl sites for hydroxylation is 2. The molecule has 0 unspecified atom stereocenters. The van der Waals surface area contributed by atoms with Crippen LogP contribution in [-0.4, -0.2) is 60.4 Å². The molecule has 0 bridgehead atoms. The molecule has 1 aliphatic carbocycles. The molecule has 1 aromatic heterocycles. The number of fused-ring (bicyclic) bond motifs is 1. The fourth-order valence-corrected chi connectivity index (χ4v) is 3.88. The highest BCUT2D eigenvalue weighted by molar-refractivity contribution is 5.92. The van der Waals surface area contributed by atoms with Crippen molar-refractivity contribution in [2.45, 2.75) is 25.7 Å². The highest BCUT2D eigenvalue weighted by Gasteiger charge is 2.26. The Balaban J connectivity index is 1.26. The van der Waals surface area contributed by atoms with Gasteiger partial charge in [0.05, 0.1) is 11.8 Å². The lowest BCUT2D eigenvalue weighted by molar-refractivity contribution is -0.136. The number of rotatable bonds is 4. The molecule has 152 valence electrons. The van der Waals surface area contributed by atoms with Crippen LogP contribution in [0.25, 0.3) is 0 Å². The fourth-order valence-electron chi connectivity index (χ4n) is 3.88. The summed E-state index contributed by atoms with van der Waals surface area (Å²) in [7, 11) is 0. The third-order valence-corrected chi connectivity index (χ3v) is 5.56. The standard InChI is InChI=1S/C22H24N2O5/c25-20(23-9-11-24(12-10-23)21(26)19-6-3-13-28-19)15-29-22(27)18-8-7-16-4-1-2-5-17(16)14-18/h3,6-8,13-14H,1-2,4-5,9-12,15H2. The summed E-state index contributed by atoms with van der Waals surface area (Å²) < 4.78 is 10.4. The number of carbonyl (C=O) groups excluding carboxylic acids is 3. The van der Waals surface area contributed by atoms with E-state index in [4.69, 9.17) is 9.15 Å². The van der Waals surface area contributed by atoms with E-state index in [2.05, 4.69) is 0 Å². The molecule has 7 heteroatoms. The summed E-state index contributed by atoms with van der Waals surface area (Å²) in [5, 5.41) is 0. The smallest absolute Gasteiger partial charge is 0.338 e. The van der Waals surface area contributed by atoms with Gasteiger partial charge >= 0.3 is 5.97 Å². The van der Waals surface area contributed by atoms with E-state index < -0.39 is 5.97 Å². The molecule has 29 heavy (non-hydrogen) atoms. The number of nitrogens with zero attached hydrogens (tertiary/aromatic N) is 2. The molecule has 2 aromatic rings. The SMILES string of the molecule is O=C(OCC(=O)N1CCN(C(=O)c2ccco2)CC1)c1ccc2c(c1)CCCC2. The monoisotopic (exact) mass is 396 g/mol. The number of hydrogen-bond donors (Lipinski definition) is 0. The van der Waals surface area contributed by atoms with Gasteiger partial charge in [0.2, 0.25) is 0 Å². The molecule has 1 fully saturated rings. The number of benzene rings is 1. The van der Waals surface area contributed by atoms with E-state index in [0.29, 0.717) is 37.5 Å². The topological polar surface area (TPSA) is 80.1 Å². The second kappa shape index (κ2) is 8.51. The van der Waals surface area contributed by atoms with Gasteiger partial charge in [0.15, 0.2) is 12.4 Å². The molecule has 1 aromatic carbocycles. The third kappa shape index (κ3) is 4.34. The lowest BCUT2D eigenvalue weighted by Gasteiger charge is -2.34. The summed E-state index contributed by atoms with van der Waals surface area (Å²) in [5.41, 5.74) is 2.99. The average Bonchev–Trinajstić information content (AvgIpc) is 3.31. The molecule has 2 amide bonds. The average molecular weight is 396 g/mol. The summed E-state index contributed by atoms with van der Waals surface area (Å²) in [5.74, 6) is -0.607. The van der Waals surface area contributed by atoms with Gasteiger partial charge in [-0.25, -0.2) is 4.79 Å². The Morgan fingerprint density at radius 3 is 2.38 bits per heavy atom. The summed E-state index contributed by atoms with van der Waals surface area (Å²) in [6.45, 7) is 1.36. The zero-order valence-electron chi connectivity index (χ0n) is 16.3. The van der Waals surface area contributed by atoms with Gasteiger partial charge in [-0.3, -0.25) is 9.59 Å². The quantitative estimate of drug-likeness (QED) is 0.741. The van der Waals surface area contributed by atoms with E-state index in [9.17, 15) is 14.4 Å². The minimum Gasteiger partial charge on any atom is -0.459 e. The predicted octanol–water partition coefficient (Wildman–Crippen LogP) is 2.30. The molecule has 0 radical (unpaired) electrons. The molecule has 1 aliphatic heterocycles. The number of furan rings is 1. The van der Waals surface area contributed by atoms with Crippen LogP contribution in [0.3, 0.4) is 0 Å². The molecular formula is C22H24N2O5. The first-order chi connectivity index (χ1) is 14.1. The Morgan fingerprint density at radius 1 is 0.931 bits per heavy atom. The van der Waals surface area contributed by atoms with Gasteiger partial charge in [-0.15, -0.1) is 0 Å². The van der Waals surface area contributed by atoms with Gasteiger partial charge in [-0.1, -0.05) is 6.07 Å². The number of piperazine rings is 1.